The van der Waals surface area contributed by atoms with Crippen LogP contribution < -0.4 is 10.2 Å². The topological polar surface area (TPSA) is 43.4 Å². The largest absolute Gasteiger partial charge is 0.494 e. The summed E-state index contributed by atoms with van der Waals surface area (Å²) in [5, 5.41) is 1.09. The molecule has 4 nitrogen and oxygen atoms in total. The molecule has 1 aromatic heterocycles. The van der Waals surface area contributed by atoms with E-state index in [4.69, 9.17) is 9.57 Å². The molecule has 0 saturated heterocycles. The Morgan fingerprint density at radius 2 is 2.05 bits per heavy atom. The summed E-state index contributed by atoms with van der Waals surface area (Å²) in [6.45, 7) is 0.616. The van der Waals surface area contributed by atoms with E-state index in [0.29, 0.717) is 12.6 Å². The van der Waals surface area contributed by atoms with Crippen molar-refractivity contribution in [3.8, 4) is 5.75 Å². The number of methoxy groups -OCH3 is 1. The highest BCUT2D eigenvalue weighted by atomic mass is 16.7. The monoisotopic (exact) mass is 272 g/mol. The zero-order valence-electron chi connectivity index (χ0n) is 11.8. The van der Waals surface area contributed by atoms with Crippen LogP contribution in [0.25, 0.3) is 10.9 Å². The Hall–Kier alpha value is -1.65. The van der Waals surface area contributed by atoms with Crippen molar-refractivity contribution in [2.75, 3.05) is 7.11 Å². The number of hydroxylamine groups is 1. The summed E-state index contributed by atoms with van der Waals surface area (Å²) < 4.78 is 5.35. The van der Waals surface area contributed by atoms with Gasteiger partial charge in [-0.05, 0) is 25.0 Å². The van der Waals surface area contributed by atoms with E-state index >= 15 is 0 Å². The predicted molar refractivity (Wildman–Crippen MR) is 78.5 cm³/mol. The van der Waals surface area contributed by atoms with Crippen LogP contribution in [-0.2, 0) is 11.4 Å². The van der Waals surface area contributed by atoms with Gasteiger partial charge in [-0.3, -0.25) is 4.84 Å². The zero-order valence-corrected chi connectivity index (χ0v) is 11.8. The maximum absolute atomic E-state index is 5.65. The first kappa shape index (κ1) is 13.3. The number of aromatic nitrogens is 1. The van der Waals surface area contributed by atoms with Crippen molar-refractivity contribution in [1.29, 1.82) is 0 Å². The standard InChI is InChI=1S/C16H20N2O2/c1-19-15-8-4-5-12-9-10-13(18-16(12)15)11-17-20-14-6-2-3-7-14/h4-5,8-10,14,17H,2-3,6-7,11H2,1H3. The molecule has 1 fully saturated rings. The quantitative estimate of drug-likeness (QED) is 0.849. The van der Waals surface area contributed by atoms with Gasteiger partial charge in [-0.2, -0.15) is 5.48 Å². The number of hydrogen-bond acceptors (Lipinski definition) is 4. The maximum atomic E-state index is 5.65. The van der Waals surface area contributed by atoms with E-state index in [1.807, 2.05) is 24.3 Å². The summed E-state index contributed by atoms with van der Waals surface area (Å²) in [4.78, 5) is 10.3. The lowest BCUT2D eigenvalue weighted by Crippen LogP contribution is -2.21. The van der Waals surface area contributed by atoms with Gasteiger partial charge in [-0.1, -0.05) is 31.0 Å². The van der Waals surface area contributed by atoms with Crippen LogP contribution in [-0.4, -0.2) is 18.2 Å². The lowest BCUT2D eigenvalue weighted by molar-refractivity contribution is -0.0248. The van der Waals surface area contributed by atoms with E-state index in [2.05, 4.69) is 16.5 Å². The van der Waals surface area contributed by atoms with Gasteiger partial charge in [0.25, 0.3) is 0 Å². The summed E-state index contributed by atoms with van der Waals surface area (Å²) in [5.74, 6) is 0.807. The van der Waals surface area contributed by atoms with Crippen molar-refractivity contribution in [2.24, 2.45) is 0 Å². The van der Waals surface area contributed by atoms with Crippen LogP contribution >= 0.6 is 0 Å². The number of nitrogens with one attached hydrogen (secondary N) is 1. The average molecular weight is 272 g/mol. The molecular weight excluding hydrogens is 252 g/mol. The molecular formula is C16H20N2O2. The van der Waals surface area contributed by atoms with E-state index in [9.17, 15) is 0 Å². The third-order valence-corrected chi connectivity index (χ3v) is 3.77. The van der Waals surface area contributed by atoms with Gasteiger partial charge < -0.3 is 4.74 Å². The maximum Gasteiger partial charge on any atom is 0.145 e. The summed E-state index contributed by atoms with van der Waals surface area (Å²) in [6, 6.07) is 10.0. The number of rotatable bonds is 5. The van der Waals surface area contributed by atoms with Crippen molar-refractivity contribution in [2.45, 2.75) is 38.3 Å². The van der Waals surface area contributed by atoms with Gasteiger partial charge in [0.05, 0.1) is 25.5 Å². The molecule has 20 heavy (non-hydrogen) atoms. The molecule has 0 radical (unpaired) electrons. The number of hydrogen-bond donors (Lipinski definition) is 1. The molecule has 2 aromatic rings. The molecule has 3 rings (SSSR count). The van der Waals surface area contributed by atoms with E-state index < -0.39 is 0 Å². The number of pyridine rings is 1. The summed E-state index contributed by atoms with van der Waals surface area (Å²) in [7, 11) is 1.67. The van der Waals surface area contributed by atoms with Crippen LogP contribution in [0.15, 0.2) is 30.3 Å². The highest BCUT2D eigenvalue weighted by molar-refractivity contribution is 5.84. The Balaban J connectivity index is 1.68. The van der Waals surface area contributed by atoms with Crippen LogP contribution in [0, 0.1) is 0 Å². The van der Waals surface area contributed by atoms with Crippen molar-refractivity contribution in [1.82, 2.24) is 10.5 Å². The van der Waals surface area contributed by atoms with Crippen LogP contribution in [0.5, 0.6) is 5.75 Å². The highest BCUT2D eigenvalue weighted by Crippen LogP contribution is 2.23. The Bertz CT molecular complexity index is 580. The third-order valence-electron chi connectivity index (χ3n) is 3.77. The fourth-order valence-corrected chi connectivity index (χ4v) is 2.66. The van der Waals surface area contributed by atoms with Gasteiger partial charge >= 0.3 is 0 Å². The summed E-state index contributed by atoms with van der Waals surface area (Å²) >= 11 is 0. The minimum Gasteiger partial charge on any atom is -0.494 e. The van der Waals surface area contributed by atoms with Gasteiger partial charge in [0.2, 0.25) is 0 Å². The number of nitrogens with zero attached hydrogens (tertiary/aromatic N) is 1. The van der Waals surface area contributed by atoms with Crippen molar-refractivity contribution in [3.63, 3.8) is 0 Å². The SMILES string of the molecule is COc1cccc2ccc(CNOC3CCCC3)nc12. The molecule has 0 amide bonds. The molecule has 0 bridgehead atoms. The highest BCUT2D eigenvalue weighted by Gasteiger charge is 2.15. The van der Waals surface area contributed by atoms with Gasteiger partial charge in [0.1, 0.15) is 11.3 Å². The average Bonchev–Trinajstić information content (AvgIpc) is 3.00. The van der Waals surface area contributed by atoms with Crippen LogP contribution in [0.1, 0.15) is 31.4 Å². The predicted octanol–water partition coefficient (Wildman–Crippen LogP) is 3.21. The lowest BCUT2D eigenvalue weighted by Gasteiger charge is -2.12. The number of para-hydroxylation sites is 1. The number of fused-ring (bicyclic) bond motifs is 1. The molecule has 0 spiro atoms. The fourth-order valence-electron chi connectivity index (χ4n) is 2.66. The second-order valence-electron chi connectivity index (χ2n) is 5.18. The van der Waals surface area contributed by atoms with E-state index in [1.165, 1.54) is 12.8 Å². The van der Waals surface area contributed by atoms with Crippen molar-refractivity contribution < 1.29 is 9.57 Å². The molecule has 1 aliphatic carbocycles. The minimum atomic E-state index is 0.366. The molecule has 1 heterocycles. The molecule has 106 valence electrons. The zero-order chi connectivity index (χ0) is 13.8. The van der Waals surface area contributed by atoms with Crippen molar-refractivity contribution >= 4 is 10.9 Å². The first-order valence-electron chi connectivity index (χ1n) is 7.18. The second kappa shape index (κ2) is 6.20. The van der Waals surface area contributed by atoms with E-state index in [-0.39, 0.29) is 0 Å². The van der Waals surface area contributed by atoms with Gasteiger partial charge in [0.15, 0.2) is 0 Å². The fraction of sp³-hybridized carbons (Fsp3) is 0.438. The molecule has 0 atom stereocenters. The van der Waals surface area contributed by atoms with Crippen LogP contribution in [0.3, 0.4) is 0 Å². The third kappa shape index (κ3) is 2.92. The smallest absolute Gasteiger partial charge is 0.145 e. The van der Waals surface area contributed by atoms with Gasteiger partial charge in [0, 0.05) is 5.39 Å². The molecule has 0 aliphatic heterocycles. The normalized spacial score (nSPS) is 15.8. The first-order chi connectivity index (χ1) is 9.86. The molecule has 1 N–H and O–H groups in total. The van der Waals surface area contributed by atoms with Crippen LogP contribution in [0.2, 0.25) is 0 Å². The first-order valence-corrected chi connectivity index (χ1v) is 7.18. The van der Waals surface area contributed by atoms with Gasteiger partial charge in [-0.25, -0.2) is 4.98 Å². The Morgan fingerprint density at radius 1 is 1.20 bits per heavy atom. The molecule has 0 unspecified atom stereocenters. The molecule has 4 heteroatoms. The Morgan fingerprint density at radius 3 is 2.85 bits per heavy atom. The molecule has 1 aromatic carbocycles. The number of benzene rings is 1. The van der Waals surface area contributed by atoms with Gasteiger partial charge in [-0.15, -0.1) is 0 Å². The second-order valence-corrected chi connectivity index (χ2v) is 5.18. The van der Waals surface area contributed by atoms with E-state index in [0.717, 1.165) is 35.2 Å². The Labute approximate surface area is 119 Å². The van der Waals surface area contributed by atoms with Crippen LogP contribution in [0.4, 0.5) is 0 Å². The summed E-state index contributed by atoms with van der Waals surface area (Å²) in [6.07, 6.45) is 5.23. The molecule has 1 aliphatic rings. The Kier molecular flexibility index (Phi) is 4.14. The summed E-state index contributed by atoms with van der Waals surface area (Å²) in [5.41, 5.74) is 4.90. The minimum absolute atomic E-state index is 0.366. The van der Waals surface area contributed by atoms with E-state index in [1.54, 1.807) is 7.11 Å². The number of ether oxygens (including phenoxy) is 1. The van der Waals surface area contributed by atoms with Crippen molar-refractivity contribution in [3.05, 3.63) is 36.0 Å². The lowest BCUT2D eigenvalue weighted by atomic mass is 10.2. The molecule has 1 saturated carbocycles.